The fraction of sp³-hybridized carbons (Fsp3) is 0.429. The Labute approximate surface area is 131 Å². The van der Waals surface area contributed by atoms with Gasteiger partial charge in [0.15, 0.2) is 0 Å². The molecule has 1 aliphatic carbocycles. The van der Waals surface area contributed by atoms with Crippen LogP contribution in [0.2, 0.25) is 0 Å². The number of hydrogen-bond acceptors (Lipinski definition) is 4. The zero-order valence-electron chi connectivity index (χ0n) is 11.1. The minimum absolute atomic E-state index is 0.0376. The van der Waals surface area contributed by atoms with Gasteiger partial charge in [-0.1, -0.05) is 0 Å². The normalized spacial score (nSPS) is 13.9. The number of carbonyl (C=O) groups excluding carboxylic acids is 2. The molecule has 1 aliphatic rings. The van der Waals surface area contributed by atoms with Crippen molar-refractivity contribution >= 4 is 34.5 Å². The first-order valence-corrected chi connectivity index (χ1v) is 7.56. The summed E-state index contributed by atoms with van der Waals surface area (Å²) in [5.74, 6) is -0.571. The summed E-state index contributed by atoms with van der Waals surface area (Å²) in [6, 6.07) is 4.88. The second kappa shape index (κ2) is 6.43. The van der Waals surface area contributed by atoms with E-state index in [1.807, 2.05) is 22.6 Å². The van der Waals surface area contributed by atoms with Crippen LogP contribution in [-0.2, 0) is 9.53 Å². The van der Waals surface area contributed by atoms with Crippen molar-refractivity contribution in [3.05, 3.63) is 27.3 Å². The lowest BCUT2D eigenvalue weighted by Gasteiger charge is -2.21. The first-order chi connectivity index (χ1) is 9.52. The van der Waals surface area contributed by atoms with Crippen LogP contribution in [0.15, 0.2) is 18.2 Å². The molecule has 0 atom stereocenters. The Bertz CT molecular complexity index is 528. The quantitative estimate of drug-likeness (QED) is 0.619. The molecule has 2 rings (SSSR count). The number of halogens is 1. The number of amides is 1. The van der Waals surface area contributed by atoms with E-state index in [1.165, 1.54) is 11.0 Å². The highest BCUT2D eigenvalue weighted by atomic mass is 127. The van der Waals surface area contributed by atoms with E-state index in [0.717, 1.165) is 12.8 Å². The molecule has 0 bridgehead atoms. The van der Waals surface area contributed by atoms with E-state index in [9.17, 15) is 14.7 Å². The first kappa shape index (κ1) is 15.1. The Morgan fingerprint density at radius 2 is 2.15 bits per heavy atom. The van der Waals surface area contributed by atoms with Crippen molar-refractivity contribution < 1.29 is 19.4 Å². The summed E-state index contributed by atoms with van der Waals surface area (Å²) < 4.78 is 5.58. The van der Waals surface area contributed by atoms with E-state index in [0.29, 0.717) is 15.7 Å². The minimum Gasteiger partial charge on any atom is -0.507 e. The van der Waals surface area contributed by atoms with Gasteiger partial charge in [0.05, 0.1) is 10.2 Å². The molecule has 1 aromatic carbocycles. The Morgan fingerprint density at radius 3 is 2.70 bits per heavy atom. The topological polar surface area (TPSA) is 66.8 Å². The van der Waals surface area contributed by atoms with Crippen LogP contribution in [0, 0.1) is 3.57 Å². The van der Waals surface area contributed by atoms with Crippen molar-refractivity contribution in [3.63, 3.8) is 0 Å². The van der Waals surface area contributed by atoms with E-state index in [2.05, 4.69) is 0 Å². The maximum Gasteiger partial charge on any atom is 0.325 e. The molecule has 0 unspecified atom stereocenters. The summed E-state index contributed by atoms with van der Waals surface area (Å²) in [5, 5.41) is 9.68. The molecule has 20 heavy (non-hydrogen) atoms. The highest BCUT2D eigenvalue weighted by Crippen LogP contribution is 2.29. The summed E-state index contributed by atoms with van der Waals surface area (Å²) in [5.41, 5.74) is 0.388. The maximum absolute atomic E-state index is 12.4. The van der Waals surface area contributed by atoms with Crippen molar-refractivity contribution in [2.75, 3.05) is 13.2 Å². The van der Waals surface area contributed by atoms with Gasteiger partial charge in [0.2, 0.25) is 0 Å². The van der Waals surface area contributed by atoms with Crippen LogP contribution in [0.5, 0.6) is 5.75 Å². The highest BCUT2D eigenvalue weighted by Gasteiger charge is 2.34. The van der Waals surface area contributed by atoms with E-state index < -0.39 is 5.97 Å². The highest BCUT2D eigenvalue weighted by molar-refractivity contribution is 14.1. The lowest BCUT2D eigenvalue weighted by molar-refractivity contribution is -0.144. The number of phenolic OH excluding ortho intramolecular Hbond substituents is 1. The Hall–Kier alpha value is -1.31. The van der Waals surface area contributed by atoms with Gasteiger partial charge >= 0.3 is 5.97 Å². The molecule has 0 spiro atoms. The van der Waals surface area contributed by atoms with E-state index >= 15 is 0 Å². The van der Waals surface area contributed by atoms with Crippen molar-refractivity contribution in [2.24, 2.45) is 0 Å². The number of rotatable bonds is 5. The van der Waals surface area contributed by atoms with Crippen molar-refractivity contribution in [1.82, 2.24) is 4.90 Å². The molecule has 1 saturated carbocycles. The summed E-state index contributed by atoms with van der Waals surface area (Å²) in [7, 11) is 0. The summed E-state index contributed by atoms with van der Waals surface area (Å²) in [6.07, 6.45) is 1.81. The van der Waals surface area contributed by atoms with Gasteiger partial charge in [-0.05, 0) is 60.6 Å². The van der Waals surface area contributed by atoms with Gasteiger partial charge in [-0.15, -0.1) is 0 Å². The van der Waals surface area contributed by atoms with Crippen LogP contribution in [0.25, 0.3) is 0 Å². The standard InChI is InChI=1S/C14H16INO4/c1-2-20-13(18)8-16(10-4-5-10)14(19)9-3-6-11(15)12(17)7-9/h3,6-7,10,17H,2,4-5,8H2,1H3. The maximum atomic E-state index is 12.4. The molecular formula is C14H16INO4. The van der Waals surface area contributed by atoms with Gasteiger partial charge < -0.3 is 14.7 Å². The average Bonchev–Trinajstić information content (AvgIpc) is 3.23. The fourth-order valence-electron chi connectivity index (χ4n) is 1.91. The third-order valence-corrected chi connectivity index (χ3v) is 3.96. The molecule has 0 aliphatic heterocycles. The van der Waals surface area contributed by atoms with Crippen molar-refractivity contribution in [3.8, 4) is 5.75 Å². The lowest BCUT2D eigenvalue weighted by atomic mass is 10.2. The number of aromatic hydroxyl groups is 1. The van der Waals surface area contributed by atoms with Gasteiger partial charge in [-0.25, -0.2) is 0 Å². The lowest BCUT2D eigenvalue weighted by Crippen LogP contribution is -2.38. The molecule has 0 radical (unpaired) electrons. The van der Waals surface area contributed by atoms with Crippen molar-refractivity contribution in [1.29, 1.82) is 0 Å². The number of phenols is 1. The molecular weight excluding hydrogens is 373 g/mol. The molecule has 108 valence electrons. The van der Waals surface area contributed by atoms with Gasteiger partial charge in [0.1, 0.15) is 12.3 Å². The second-order valence-electron chi connectivity index (χ2n) is 4.64. The number of benzene rings is 1. The van der Waals surface area contributed by atoms with Crippen LogP contribution in [0.1, 0.15) is 30.1 Å². The number of nitrogens with zero attached hydrogens (tertiary/aromatic N) is 1. The van der Waals surface area contributed by atoms with Gasteiger partial charge in [-0.3, -0.25) is 9.59 Å². The first-order valence-electron chi connectivity index (χ1n) is 6.48. The second-order valence-corrected chi connectivity index (χ2v) is 5.80. The zero-order valence-corrected chi connectivity index (χ0v) is 13.3. The van der Waals surface area contributed by atoms with Crippen LogP contribution < -0.4 is 0 Å². The average molecular weight is 389 g/mol. The molecule has 5 nitrogen and oxygen atoms in total. The molecule has 1 amide bonds. The number of hydrogen-bond donors (Lipinski definition) is 1. The largest absolute Gasteiger partial charge is 0.507 e. The SMILES string of the molecule is CCOC(=O)CN(C(=O)c1ccc(I)c(O)c1)C1CC1. The molecule has 0 saturated heterocycles. The Kier molecular flexibility index (Phi) is 4.85. The Morgan fingerprint density at radius 1 is 1.45 bits per heavy atom. The third kappa shape index (κ3) is 3.62. The summed E-state index contributed by atoms with van der Waals surface area (Å²) in [6.45, 7) is 2.00. The smallest absolute Gasteiger partial charge is 0.325 e. The van der Waals surface area contributed by atoms with Gasteiger partial charge in [0.25, 0.3) is 5.91 Å². The molecule has 0 aromatic heterocycles. The minimum atomic E-state index is -0.400. The molecule has 1 N–H and O–H groups in total. The van der Waals surface area contributed by atoms with E-state index in [-0.39, 0.29) is 24.2 Å². The van der Waals surface area contributed by atoms with E-state index in [4.69, 9.17) is 4.74 Å². The number of esters is 1. The zero-order chi connectivity index (χ0) is 14.7. The number of ether oxygens (including phenoxy) is 1. The predicted octanol–water partition coefficient (Wildman–Crippen LogP) is 2.16. The van der Waals surface area contributed by atoms with E-state index in [1.54, 1.807) is 19.1 Å². The van der Waals surface area contributed by atoms with Crippen molar-refractivity contribution in [2.45, 2.75) is 25.8 Å². The molecule has 1 fully saturated rings. The van der Waals surface area contributed by atoms with Crippen LogP contribution in [0.4, 0.5) is 0 Å². The molecule has 1 aromatic rings. The van der Waals surface area contributed by atoms with Crippen LogP contribution in [0.3, 0.4) is 0 Å². The summed E-state index contributed by atoms with van der Waals surface area (Å²) >= 11 is 1.99. The third-order valence-electron chi connectivity index (χ3n) is 3.05. The predicted molar refractivity (Wildman–Crippen MR) is 81.5 cm³/mol. The summed E-state index contributed by atoms with van der Waals surface area (Å²) in [4.78, 5) is 25.5. The van der Waals surface area contributed by atoms with Gasteiger partial charge in [-0.2, -0.15) is 0 Å². The molecule has 0 heterocycles. The van der Waals surface area contributed by atoms with Crippen LogP contribution >= 0.6 is 22.6 Å². The van der Waals surface area contributed by atoms with Crippen LogP contribution in [-0.4, -0.2) is 41.1 Å². The Balaban J connectivity index is 2.14. The number of carbonyl (C=O) groups is 2. The fourth-order valence-corrected chi connectivity index (χ4v) is 2.25. The monoisotopic (exact) mass is 389 g/mol. The van der Waals surface area contributed by atoms with Gasteiger partial charge in [0, 0.05) is 11.6 Å². The molecule has 6 heteroatoms.